The Morgan fingerprint density at radius 3 is 1.25 bits per heavy atom. The van der Waals surface area contributed by atoms with Gasteiger partial charge in [-0.2, -0.15) is 13.2 Å². The second kappa shape index (κ2) is 1.79. The van der Waals surface area contributed by atoms with Crippen molar-refractivity contribution in [2.24, 2.45) is 0 Å². The lowest BCUT2D eigenvalue weighted by atomic mass is 10.2. The van der Waals surface area contributed by atoms with Crippen LogP contribution in [0.4, 0.5) is 13.2 Å². The molecule has 0 saturated heterocycles. The maximum atomic E-state index is 11.4. The van der Waals surface area contributed by atoms with Gasteiger partial charge in [0.2, 0.25) is 0 Å². The van der Waals surface area contributed by atoms with Crippen LogP contribution < -0.4 is 0 Å². The molecule has 0 aliphatic carbocycles. The zero-order valence-electron chi connectivity index (χ0n) is 4.51. The first-order valence-electron chi connectivity index (χ1n) is 2.01. The van der Waals surface area contributed by atoms with E-state index in [1.54, 1.807) is 0 Å². The highest BCUT2D eigenvalue weighted by atomic mass is 35.5. The Kier molecular flexibility index (Phi) is 1.81. The summed E-state index contributed by atoms with van der Waals surface area (Å²) in [6, 6.07) is 0. The van der Waals surface area contributed by atoms with Crippen LogP contribution in [0.15, 0.2) is 0 Å². The lowest BCUT2D eigenvalue weighted by molar-refractivity contribution is -0.153. The zero-order valence-corrected chi connectivity index (χ0v) is 5.27. The molecule has 0 aromatic heterocycles. The summed E-state index contributed by atoms with van der Waals surface area (Å²) in [5, 5.41) is 0. The predicted molar refractivity (Wildman–Crippen MR) is 26.0 cm³/mol. The van der Waals surface area contributed by atoms with Crippen LogP contribution in [0.3, 0.4) is 0 Å². The fraction of sp³-hybridized carbons (Fsp3) is 1.00. The highest BCUT2D eigenvalue weighted by molar-refractivity contribution is 6.23. The lowest BCUT2D eigenvalue weighted by Gasteiger charge is -2.18. The third kappa shape index (κ3) is 1.90. The molecule has 0 aromatic carbocycles. The van der Waals surface area contributed by atoms with Crippen LogP contribution in [-0.4, -0.2) is 11.1 Å². The minimum atomic E-state index is -4.30. The van der Waals surface area contributed by atoms with Crippen LogP contribution in [0.2, 0.25) is 0 Å². The van der Waals surface area contributed by atoms with E-state index in [1.807, 2.05) is 0 Å². The molecule has 0 unspecified atom stereocenters. The van der Waals surface area contributed by atoms with Gasteiger partial charge in [-0.25, -0.2) is 0 Å². The molecule has 0 bridgehead atoms. The van der Waals surface area contributed by atoms with Crippen LogP contribution in [0, 0.1) is 0 Å². The van der Waals surface area contributed by atoms with E-state index in [-0.39, 0.29) is 0 Å². The van der Waals surface area contributed by atoms with Gasteiger partial charge in [0.1, 0.15) is 4.87 Å². The third-order valence-corrected chi connectivity index (χ3v) is 0.888. The van der Waals surface area contributed by atoms with E-state index >= 15 is 0 Å². The molecule has 0 fully saturated rings. The SMILES string of the molecule is CC(C)(Cl)C(F)(F)F. The van der Waals surface area contributed by atoms with E-state index in [9.17, 15) is 13.2 Å². The number of alkyl halides is 4. The fourth-order valence-electron chi connectivity index (χ4n) is 0. The van der Waals surface area contributed by atoms with Crippen LogP contribution in [-0.2, 0) is 0 Å². The highest BCUT2D eigenvalue weighted by Crippen LogP contribution is 2.34. The summed E-state index contributed by atoms with van der Waals surface area (Å²) in [6.07, 6.45) is -4.30. The van der Waals surface area contributed by atoms with Gasteiger partial charge in [-0.05, 0) is 13.8 Å². The van der Waals surface area contributed by atoms with Gasteiger partial charge in [-0.1, -0.05) is 0 Å². The van der Waals surface area contributed by atoms with Gasteiger partial charge in [-0.3, -0.25) is 0 Å². The molecule has 0 nitrogen and oxygen atoms in total. The van der Waals surface area contributed by atoms with Crippen molar-refractivity contribution in [2.75, 3.05) is 0 Å². The molecule has 0 saturated carbocycles. The van der Waals surface area contributed by atoms with E-state index in [2.05, 4.69) is 0 Å². The van der Waals surface area contributed by atoms with Gasteiger partial charge >= 0.3 is 6.18 Å². The molecule has 0 radical (unpaired) electrons. The maximum Gasteiger partial charge on any atom is 0.407 e. The monoisotopic (exact) mass is 146 g/mol. The highest BCUT2D eigenvalue weighted by Gasteiger charge is 2.45. The Labute approximate surface area is 50.6 Å². The second-order valence-electron chi connectivity index (χ2n) is 1.97. The quantitative estimate of drug-likeness (QED) is 0.461. The summed E-state index contributed by atoms with van der Waals surface area (Å²) in [6.45, 7) is 1.82. The molecule has 0 amide bonds. The molecular weight excluding hydrogens is 140 g/mol. The molecule has 50 valence electrons. The van der Waals surface area contributed by atoms with Crippen molar-refractivity contribution in [1.29, 1.82) is 0 Å². The Hall–Kier alpha value is 0.0800. The summed E-state index contributed by atoms with van der Waals surface area (Å²) in [5.41, 5.74) is 0. The summed E-state index contributed by atoms with van der Waals surface area (Å²) in [7, 11) is 0. The summed E-state index contributed by atoms with van der Waals surface area (Å²) in [5.74, 6) is 0. The maximum absolute atomic E-state index is 11.4. The molecular formula is C4H6ClF3. The standard InChI is InChI=1S/C4H6ClF3/c1-3(2,5)4(6,7)8/h1-2H3. The van der Waals surface area contributed by atoms with Crippen molar-refractivity contribution in [3.05, 3.63) is 0 Å². The average molecular weight is 147 g/mol. The minimum Gasteiger partial charge on any atom is -0.169 e. The van der Waals surface area contributed by atoms with Crippen molar-refractivity contribution in [3.63, 3.8) is 0 Å². The summed E-state index contributed by atoms with van der Waals surface area (Å²) >= 11 is 4.88. The van der Waals surface area contributed by atoms with Gasteiger partial charge in [0.25, 0.3) is 0 Å². The number of rotatable bonds is 0. The molecule has 0 aromatic rings. The van der Waals surface area contributed by atoms with E-state index in [4.69, 9.17) is 11.6 Å². The topological polar surface area (TPSA) is 0 Å². The van der Waals surface area contributed by atoms with E-state index in [1.165, 1.54) is 0 Å². The molecule has 0 aliphatic heterocycles. The molecule has 0 spiro atoms. The van der Waals surface area contributed by atoms with Gasteiger partial charge in [-0.15, -0.1) is 11.6 Å². The lowest BCUT2D eigenvalue weighted by Crippen LogP contribution is -2.32. The molecule has 0 atom stereocenters. The first-order valence-corrected chi connectivity index (χ1v) is 2.38. The number of hydrogen-bond donors (Lipinski definition) is 0. The fourth-order valence-corrected chi connectivity index (χ4v) is 0. The average Bonchev–Trinajstić information content (AvgIpc) is 1.25. The zero-order chi connectivity index (χ0) is 7.00. The van der Waals surface area contributed by atoms with Gasteiger partial charge in [0, 0.05) is 0 Å². The molecule has 0 heterocycles. The molecule has 8 heavy (non-hydrogen) atoms. The van der Waals surface area contributed by atoms with Crippen LogP contribution in [0.25, 0.3) is 0 Å². The van der Waals surface area contributed by atoms with E-state index < -0.39 is 11.1 Å². The van der Waals surface area contributed by atoms with E-state index in [0.29, 0.717) is 0 Å². The van der Waals surface area contributed by atoms with Crippen LogP contribution >= 0.6 is 11.6 Å². The molecule has 0 aliphatic rings. The first-order chi connectivity index (χ1) is 3.25. The largest absolute Gasteiger partial charge is 0.407 e. The van der Waals surface area contributed by atoms with E-state index in [0.717, 1.165) is 13.8 Å². The third-order valence-electron chi connectivity index (χ3n) is 0.674. The Balaban J connectivity index is 4.02. The predicted octanol–water partition coefficient (Wildman–Crippen LogP) is 2.57. The number of halogens is 4. The minimum absolute atomic E-state index is 0.911. The van der Waals surface area contributed by atoms with Crippen molar-refractivity contribution < 1.29 is 13.2 Å². The van der Waals surface area contributed by atoms with Crippen molar-refractivity contribution in [1.82, 2.24) is 0 Å². The second-order valence-corrected chi connectivity index (χ2v) is 2.92. The Morgan fingerprint density at radius 1 is 1.12 bits per heavy atom. The molecule has 0 N–H and O–H groups in total. The van der Waals surface area contributed by atoms with Crippen molar-refractivity contribution in [2.45, 2.75) is 24.9 Å². The van der Waals surface area contributed by atoms with Crippen LogP contribution in [0.5, 0.6) is 0 Å². The normalized spacial score (nSPS) is 14.2. The van der Waals surface area contributed by atoms with Gasteiger partial charge in [0.05, 0.1) is 0 Å². The van der Waals surface area contributed by atoms with Crippen LogP contribution in [0.1, 0.15) is 13.8 Å². The number of hydrogen-bond acceptors (Lipinski definition) is 0. The summed E-state index contributed by atoms with van der Waals surface area (Å²) < 4.78 is 34.3. The smallest absolute Gasteiger partial charge is 0.169 e. The van der Waals surface area contributed by atoms with Gasteiger partial charge in [0.15, 0.2) is 0 Å². The van der Waals surface area contributed by atoms with Crippen molar-refractivity contribution >= 4 is 11.6 Å². The Bertz CT molecular complexity index is 66.3. The molecule has 4 heteroatoms. The summed E-state index contributed by atoms with van der Waals surface area (Å²) in [4.78, 5) is -2.09. The molecule has 0 rings (SSSR count). The van der Waals surface area contributed by atoms with Gasteiger partial charge < -0.3 is 0 Å². The van der Waals surface area contributed by atoms with Crippen molar-refractivity contribution in [3.8, 4) is 0 Å². The first kappa shape index (κ1) is 8.08. The Morgan fingerprint density at radius 2 is 1.25 bits per heavy atom.